The first-order chi connectivity index (χ1) is 12.4. The number of anilines is 1. The summed E-state index contributed by atoms with van der Waals surface area (Å²) in [5.74, 6) is 0.715. The third kappa shape index (κ3) is 1.70. The van der Waals surface area contributed by atoms with Gasteiger partial charge in [0.25, 0.3) is 5.69 Å². The number of hydrogen-bond donors (Lipinski definition) is 0. The maximum absolute atomic E-state index is 11.1. The molecule has 26 heavy (non-hydrogen) atoms. The van der Waals surface area contributed by atoms with E-state index in [9.17, 15) is 10.1 Å². The topological polar surface area (TPSA) is 55.6 Å². The van der Waals surface area contributed by atoms with Crippen LogP contribution < -0.4 is 9.64 Å². The van der Waals surface area contributed by atoms with Crippen LogP contribution in [0, 0.1) is 10.1 Å². The summed E-state index contributed by atoms with van der Waals surface area (Å²) >= 11 is 0. The average molecular weight is 348 g/mol. The van der Waals surface area contributed by atoms with Gasteiger partial charge in [0.05, 0.1) is 10.3 Å². The molecular formula is C21H20N2O3. The summed E-state index contributed by atoms with van der Waals surface area (Å²) in [5.41, 5.74) is 3.84. The zero-order valence-corrected chi connectivity index (χ0v) is 14.9. The second kappa shape index (κ2) is 4.87. The summed E-state index contributed by atoms with van der Waals surface area (Å²) in [6, 6.07) is 13.4. The van der Waals surface area contributed by atoms with E-state index in [1.54, 1.807) is 12.1 Å². The molecule has 1 spiro atoms. The van der Waals surface area contributed by atoms with Gasteiger partial charge >= 0.3 is 0 Å². The first-order valence-electron chi connectivity index (χ1n) is 9.01. The van der Waals surface area contributed by atoms with Crippen LogP contribution in [0.2, 0.25) is 0 Å². The molecule has 5 heteroatoms. The molecular weight excluding hydrogens is 328 g/mol. The molecule has 0 unspecified atom stereocenters. The molecule has 1 fully saturated rings. The van der Waals surface area contributed by atoms with Gasteiger partial charge in [-0.1, -0.05) is 18.2 Å². The lowest BCUT2D eigenvalue weighted by atomic mass is 9.70. The van der Waals surface area contributed by atoms with E-state index in [1.165, 1.54) is 22.9 Å². The SMILES string of the molecule is CC1(C)c2ccccc2N2CCCC3=Cc4cc([N+](=O)[O-])ccc4O[C@@]321. The van der Waals surface area contributed by atoms with Crippen molar-refractivity contribution in [1.29, 1.82) is 0 Å². The number of fused-ring (bicyclic) bond motifs is 3. The lowest BCUT2D eigenvalue weighted by Gasteiger charge is -2.53. The molecule has 3 aliphatic heterocycles. The minimum absolute atomic E-state index is 0.0989. The van der Waals surface area contributed by atoms with Crippen molar-refractivity contribution in [2.24, 2.45) is 0 Å². The van der Waals surface area contributed by atoms with E-state index in [0.717, 1.165) is 24.9 Å². The minimum Gasteiger partial charge on any atom is -0.462 e. The van der Waals surface area contributed by atoms with Crippen molar-refractivity contribution in [3.8, 4) is 5.75 Å². The predicted molar refractivity (Wildman–Crippen MR) is 100 cm³/mol. The number of nitro benzene ring substituents is 1. The van der Waals surface area contributed by atoms with Crippen molar-refractivity contribution < 1.29 is 9.66 Å². The van der Waals surface area contributed by atoms with Gasteiger partial charge in [0, 0.05) is 29.9 Å². The van der Waals surface area contributed by atoms with Gasteiger partial charge in [0.2, 0.25) is 5.72 Å². The molecule has 0 N–H and O–H groups in total. The van der Waals surface area contributed by atoms with E-state index in [1.807, 2.05) is 0 Å². The van der Waals surface area contributed by atoms with Crippen LogP contribution in [0.4, 0.5) is 11.4 Å². The summed E-state index contributed by atoms with van der Waals surface area (Å²) < 4.78 is 6.71. The van der Waals surface area contributed by atoms with Gasteiger partial charge in [0.1, 0.15) is 5.75 Å². The average Bonchev–Trinajstić information content (AvgIpc) is 2.83. The smallest absolute Gasteiger partial charge is 0.270 e. The molecule has 2 aromatic rings. The Hall–Kier alpha value is -2.82. The quantitative estimate of drug-likeness (QED) is 0.556. The molecule has 0 aliphatic carbocycles. The summed E-state index contributed by atoms with van der Waals surface area (Å²) in [6.45, 7) is 5.42. The van der Waals surface area contributed by atoms with E-state index in [0.29, 0.717) is 5.75 Å². The summed E-state index contributed by atoms with van der Waals surface area (Å²) in [5, 5.41) is 11.1. The van der Waals surface area contributed by atoms with Crippen LogP contribution in [-0.4, -0.2) is 17.2 Å². The summed E-state index contributed by atoms with van der Waals surface area (Å²) in [6.07, 6.45) is 4.10. The fraction of sp³-hybridized carbons (Fsp3) is 0.333. The minimum atomic E-state index is -0.557. The highest BCUT2D eigenvalue weighted by Crippen LogP contribution is 2.59. The predicted octanol–water partition coefficient (Wildman–Crippen LogP) is 4.66. The second-order valence-corrected chi connectivity index (χ2v) is 7.79. The Morgan fingerprint density at radius 1 is 1.19 bits per heavy atom. The van der Waals surface area contributed by atoms with E-state index in [-0.39, 0.29) is 16.0 Å². The molecule has 2 aromatic carbocycles. The van der Waals surface area contributed by atoms with Gasteiger partial charge < -0.3 is 9.64 Å². The fourth-order valence-electron chi connectivity index (χ4n) is 5.00. The molecule has 0 aromatic heterocycles. The van der Waals surface area contributed by atoms with Crippen LogP contribution in [0.3, 0.4) is 0 Å². The van der Waals surface area contributed by atoms with Gasteiger partial charge in [-0.05, 0) is 56.0 Å². The van der Waals surface area contributed by atoms with Gasteiger partial charge in [-0.3, -0.25) is 10.1 Å². The molecule has 3 heterocycles. The highest BCUT2D eigenvalue weighted by atomic mass is 16.6. The van der Waals surface area contributed by atoms with Crippen molar-refractivity contribution >= 4 is 17.5 Å². The lowest BCUT2D eigenvalue weighted by molar-refractivity contribution is -0.384. The molecule has 1 atom stereocenters. The van der Waals surface area contributed by atoms with E-state index >= 15 is 0 Å². The number of nitro groups is 1. The Balaban J connectivity index is 1.73. The van der Waals surface area contributed by atoms with Crippen molar-refractivity contribution in [3.05, 3.63) is 69.3 Å². The van der Waals surface area contributed by atoms with Gasteiger partial charge in [0.15, 0.2) is 0 Å². The third-order valence-corrected chi connectivity index (χ3v) is 6.15. The normalized spacial score (nSPS) is 24.5. The maximum atomic E-state index is 11.1. The Kier molecular flexibility index (Phi) is 2.89. The van der Waals surface area contributed by atoms with Crippen LogP contribution >= 0.6 is 0 Å². The molecule has 0 saturated carbocycles. The van der Waals surface area contributed by atoms with Crippen LogP contribution in [0.5, 0.6) is 5.75 Å². The van der Waals surface area contributed by atoms with Crippen molar-refractivity contribution in [1.82, 2.24) is 0 Å². The molecule has 3 aliphatic rings. The number of non-ortho nitro benzene ring substituents is 1. The molecule has 0 bridgehead atoms. The third-order valence-electron chi connectivity index (χ3n) is 6.15. The summed E-state index contributed by atoms with van der Waals surface area (Å²) in [4.78, 5) is 13.2. The number of hydrogen-bond acceptors (Lipinski definition) is 4. The largest absolute Gasteiger partial charge is 0.462 e. The van der Waals surface area contributed by atoms with Crippen molar-refractivity contribution in [2.75, 3.05) is 11.4 Å². The van der Waals surface area contributed by atoms with Crippen LogP contribution in [0.25, 0.3) is 6.08 Å². The van der Waals surface area contributed by atoms with Crippen LogP contribution in [0.1, 0.15) is 37.8 Å². The Morgan fingerprint density at radius 3 is 2.81 bits per heavy atom. The number of ether oxygens (including phenoxy) is 1. The van der Waals surface area contributed by atoms with Gasteiger partial charge in [-0.15, -0.1) is 0 Å². The van der Waals surface area contributed by atoms with E-state index < -0.39 is 5.72 Å². The Morgan fingerprint density at radius 2 is 2.00 bits per heavy atom. The zero-order valence-electron chi connectivity index (χ0n) is 14.9. The Labute approximate surface area is 152 Å². The molecule has 132 valence electrons. The number of para-hydroxylation sites is 1. The monoisotopic (exact) mass is 348 g/mol. The Bertz CT molecular complexity index is 979. The first-order valence-corrected chi connectivity index (χ1v) is 9.01. The molecule has 1 saturated heterocycles. The molecule has 5 rings (SSSR count). The standard InChI is InChI=1S/C21H20N2O3/c1-20(2)17-7-3-4-8-18(17)22-11-5-6-15-12-14-13-16(23(24)25)9-10-19(14)26-21(15,20)22/h3-4,7-10,12-13H,5-6,11H2,1-2H3/t21-/m1/s1. The lowest BCUT2D eigenvalue weighted by Crippen LogP contribution is -2.64. The van der Waals surface area contributed by atoms with Crippen molar-refractivity contribution in [3.63, 3.8) is 0 Å². The number of piperidine rings is 1. The fourth-order valence-corrected chi connectivity index (χ4v) is 5.00. The highest BCUT2D eigenvalue weighted by Gasteiger charge is 2.63. The first kappa shape index (κ1) is 15.4. The zero-order chi connectivity index (χ0) is 18.1. The van der Waals surface area contributed by atoms with Gasteiger partial charge in [-0.25, -0.2) is 0 Å². The van der Waals surface area contributed by atoms with E-state index in [2.05, 4.69) is 49.1 Å². The van der Waals surface area contributed by atoms with E-state index in [4.69, 9.17) is 4.74 Å². The van der Waals surface area contributed by atoms with Gasteiger partial charge in [-0.2, -0.15) is 0 Å². The van der Waals surface area contributed by atoms with Crippen LogP contribution in [-0.2, 0) is 5.41 Å². The van der Waals surface area contributed by atoms with Crippen LogP contribution in [0.15, 0.2) is 48.0 Å². The number of benzene rings is 2. The highest BCUT2D eigenvalue weighted by molar-refractivity contribution is 5.76. The molecule has 5 nitrogen and oxygen atoms in total. The summed E-state index contributed by atoms with van der Waals surface area (Å²) in [7, 11) is 0. The maximum Gasteiger partial charge on any atom is 0.270 e. The molecule has 0 amide bonds. The molecule has 0 radical (unpaired) electrons. The second-order valence-electron chi connectivity index (χ2n) is 7.79. The number of nitrogens with zero attached hydrogens (tertiary/aromatic N) is 2. The van der Waals surface area contributed by atoms with Crippen molar-refractivity contribution in [2.45, 2.75) is 37.8 Å². The number of rotatable bonds is 1.